The lowest BCUT2D eigenvalue weighted by Crippen LogP contribution is -2.41. The Hall–Kier alpha value is -2.08. The number of benzene rings is 1. The van der Waals surface area contributed by atoms with Crippen LogP contribution in [-0.4, -0.2) is 41.6 Å². The number of hydrogen-bond donors (Lipinski definition) is 1. The van der Waals surface area contributed by atoms with Crippen LogP contribution in [0.3, 0.4) is 0 Å². The van der Waals surface area contributed by atoms with E-state index >= 15 is 0 Å². The second-order valence-electron chi connectivity index (χ2n) is 5.73. The van der Waals surface area contributed by atoms with E-state index in [1.807, 2.05) is 24.3 Å². The molecule has 22 heavy (non-hydrogen) atoms. The van der Waals surface area contributed by atoms with Crippen LogP contribution in [0.5, 0.6) is 5.75 Å². The summed E-state index contributed by atoms with van der Waals surface area (Å²) in [5, 5.41) is 17.6. The molecule has 1 aliphatic rings. The molecule has 2 atom stereocenters. The van der Waals surface area contributed by atoms with Gasteiger partial charge in [0.1, 0.15) is 5.75 Å². The van der Waals surface area contributed by atoms with Crippen molar-refractivity contribution in [1.82, 2.24) is 10.2 Å². The summed E-state index contributed by atoms with van der Waals surface area (Å²) in [5.41, 5.74) is 0.873. The van der Waals surface area contributed by atoms with Gasteiger partial charge in [-0.1, -0.05) is 5.10 Å². The van der Waals surface area contributed by atoms with E-state index in [2.05, 4.69) is 22.0 Å². The van der Waals surface area contributed by atoms with Crippen molar-refractivity contribution in [2.24, 2.45) is 5.92 Å². The van der Waals surface area contributed by atoms with Gasteiger partial charge in [0.25, 0.3) is 0 Å². The fourth-order valence-electron chi connectivity index (χ4n) is 2.90. The van der Waals surface area contributed by atoms with Crippen molar-refractivity contribution in [2.45, 2.75) is 25.8 Å². The first kappa shape index (κ1) is 14.8. The first-order valence-corrected chi connectivity index (χ1v) is 7.56. The predicted octanol–water partition coefficient (Wildman–Crippen LogP) is 2.34. The third-order valence-corrected chi connectivity index (χ3v) is 4.24. The topological polar surface area (TPSA) is 71.6 Å². The second kappa shape index (κ2) is 6.36. The third kappa shape index (κ3) is 2.92. The molecule has 1 N–H and O–H groups in total. The standard InChI is InChI=1S/C16H21N3O3/c1-11-9-12(10-20)7-8-19(11)16-18-17-15(22-16)13-3-5-14(21-2)6-4-13/h3-6,11-12,20H,7-10H2,1-2H3/t11-,12-/m1/s1. The molecule has 0 radical (unpaired) electrons. The molecule has 1 aliphatic heterocycles. The Morgan fingerprint density at radius 1 is 1.32 bits per heavy atom. The van der Waals surface area contributed by atoms with Crippen molar-refractivity contribution < 1.29 is 14.3 Å². The Morgan fingerprint density at radius 2 is 2.09 bits per heavy atom. The van der Waals surface area contributed by atoms with Crippen LogP contribution >= 0.6 is 0 Å². The molecule has 0 aliphatic carbocycles. The molecular weight excluding hydrogens is 282 g/mol. The number of aliphatic hydroxyl groups excluding tert-OH is 1. The van der Waals surface area contributed by atoms with Crippen LogP contribution in [0.15, 0.2) is 28.7 Å². The summed E-state index contributed by atoms with van der Waals surface area (Å²) in [5.74, 6) is 1.67. The molecule has 0 spiro atoms. The van der Waals surface area contributed by atoms with E-state index in [1.165, 1.54) is 0 Å². The van der Waals surface area contributed by atoms with Gasteiger partial charge in [-0.2, -0.15) is 0 Å². The summed E-state index contributed by atoms with van der Waals surface area (Å²) in [6, 6.07) is 8.38. The molecule has 0 bridgehead atoms. The number of nitrogens with zero attached hydrogens (tertiary/aromatic N) is 3. The zero-order valence-corrected chi connectivity index (χ0v) is 12.9. The van der Waals surface area contributed by atoms with Gasteiger partial charge in [-0.3, -0.25) is 0 Å². The van der Waals surface area contributed by atoms with Gasteiger partial charge in [0.2, 0.25) is 5.89 Å². The zero-order valence-electron chi connectivity index (χ0n) is 12.9. The molecule has 1 aromatic heterocycles. The molecule has 0 unspecified atom stereocenters. The smallest absolute Gasteiger partial charge is 0.318 e. The number of hydrogen-bond acceptors (Lipinski definition) is 6. The molecule has 6 nitrogen and oxygen atoms in total. The summed E-state index contributed by atoms with van der Waals surface area (Å²) in [6.07, 6.45) is 1.89. The molecular formula is C16H21N3O3. The van der Waals surface area contributed by atoms with Crippen molar-refractivity contribution in [3.8, 4) is 17.2 Å². The molecule has 118 valence electrons. The highest BCUT2D eigenvalue weighted by Crippen LogP contribution is 2.29. The van der Waals surface area contributed by atoms with Crippen molar-refractivity contribution in [2.75, 3.05) is 25.2 Å². The average molecular weight is 303 g/mol. The molecule has 0 amide bonds. The fraction of sp³-hybridized carbons (Fsp3) is 0.500. The van der Waals surface area contributed by atoms with Crippen LogP contribution in [-0.2, 0) is 0 Å². The number of rotatable bonds is 4. The van der Waals surface area contributed by atoms with Gasteiger partial charge in [-0.15, -0.1) is 5.10 Å². The Kier molecular flexibility index (Phi) is 4.29. The lowest BCUT2D eigenvalue weighted by atomic mass is 9.93. The Balaban J connectivity index is 1.75. The average Bonchev–Trinajstić information content (AvgIpc) is 3.04. The van der Waals surface area contributed by atoms with Crippen LogP contribution in [0.25, 0.3) is 11.5 Å². The number of anilines is 1. The van der Waals surface area contributed by atoms with E-state index in [0.29, 0.717) is 17.8 Å². The van der Waals surface area contributed by atoms with Crippen LogP contribution in [0.2, 0.25) is 0 Å². The van der Waals surface area contributed by atoms with Crippen molar-refractivity contribution in [1.29, 1.82) is 0 Å². The summed E-state index contributed by atoms with van der Waals surface area (Å²) >= 11 is 0. The summed E-state index contributed by atoms with van der Waals surface area (Å²) in [7, 11) is 1.64. The lowest BCUT2D eigenvalue weighted by molar-refractivity contribution is 0.188. The first-order chi connectivity index (χ1) is 10.7. The summed E-state index contributed by atoms with van der Waals surface area (Å²) < 4.78 is 11.0. The highest BCUT2D eigenvalue weighted by molar-refractivity contribution is 5.55. The lowest BCUT2D eigenvalue weighted by Gasteiger charge is -2.35. The van der Waals surface area contributed by atoms with Crippen LogP contribution in [0, 0.1) is 5.92 Å². The SMILES string of the molecule is COc1ccc(-c2nnc(N3CC[C@@H](CO)C[C@H]3C)o2)cc1. The van der Waals surface area contributed by atoms with Crippen LogP contribution in [0.1, 0.15) is 19.8 Å². The minimum Gasteiger partial charge on any atom is -0.497 e. The molecule has 3 rings (SSSR count). The number of piperidine rings is 1. The quantitative estimate of drug-likeness (QED) is 0.934. The van der Waals surface area contributed by atoms with Gasteiger partial charge in [0.05, 0.1) is 7.11 Å². The largest absolute Gasteiger partial charge is 0.497 e. The van der Waals surface area contributed by atoms with E-state index in [0.717, 1.165) is 30.7 Å². The minimum atomic E-state index is 0.249. The Labute approximate surface area is 129 Å². The second-order valence-corrected chi connectivity index (χ2v) is 5.73. The van der Waals surface area contributed by atoms with Crippen molar-refractivity contribution in [3.05, 3.63) is 24.3 Å². The van der Waals surface area contributed by atoms with Gasteiger partial charge in [0, 0.05) is 24.8 Å². The van der Waals surface area contributed by atoms with Gasteiger partial charge in [0.15, 0.2) is 0 Å². The minimum absolute atomic E-state index is 0.249. The monoisotopic (exact) mass is 303 g/mol. The van der Waals surface area contributed by atoms with Crippen LogP contribution in [0.4, 0.5) is 6.01 Å². The number of aliphatic hydroxyl groups is 1. The highest BCUT2D eigenvalue weighted by Gasteiger charge is 2.28. The molecule has 2 heterocycles. The predicted molar refractivity (Wildman–Crippen MR) is 82.9 cm³/mol. The van der Waals surface area contributed by atoms with Gasteiger partial charge in [-0.25, -0.2) is 0 Å². The normalized spacial score (nSPS) is 21.9. The molecule has 1 fully saturated rings. The van der Waals surface area contributed by atoms with Crippen molar-refractivity contribution in [3.63, 3.8) is 0 Å². The van der Waals surface area contributed by atoms with Gasteiger partial charge in [-0.05, 0) is 49.9 Å². The maximum absolute atomic E-state index is 9.28. The number of ether oxygens (including phenoxy) is 1. The molecule has 2 aromatic rings. The van der Waals surface area contributed by atoms with E-state index < -0.39 is 0 Å². The maximum Gasteiger partial charge on any atom is 0.318 e. The van der Waals surface area contributed by atoms with E-state index in [4.69, 9.17) is 9.15 Å². The molecule has 6 heteroatoms. The molecule has 1 saturated heterocycles. The molecule has 1 aromatic carbocycles. The van der Waals surface area contributed by atoms with Crippen LogP contribution < -0.4 is 9.64 Å². The number of aromatic nitrogens is 2. The molecule has 0 saturated carbocycles. The van der Waals surface area contributed by atoms with E-state index in [9.17, 15) is 5.11 Å². The van der Waals surface area contributed by atoms with Gasteiger partial charge >= 0.3 is 6.01 Å². The van der Waals surface area contributed by atoms with E-state index in [-0.39, 0.29) is 12.6 Å². The summed E-state index contributed by atoms with van der Waals surface area (Å²) in [6.45, 7) is 3.20. The van der Waals surface area contributed by atoms with Gasteiger partial charge < -0.3 is 19.2 Å². The first-order valence-electron chi connectivity index (χ1n) is 7.56. The Bertz CT molecular complexity index is 611. The highest BCUT2D eigenvalue weighted by atomic mass is 16.5. The maximum atomic E-state index is 9.28. The zero-order chi connectivity index (χ0) is 15.5. The Morgan fingerprint density at radius 3 is 2.73 bits per heavy atom. The third-order valence-electron chi connectivity index (χ3n) is 4.24. The summed E-state index contributed by atoms with van der Waals surface area (Å²) in [4.78, 5) is 2.12. The number of methoxy groups -OCH3 is 1. The van der Waals surface area contributed by atoms with E-state index in [1.54, 1.807) is 7.11 Å². The fourth-order valence-corrected chi connectivity index (χ4v) is 2.90. The van der Waals surface area contributed by atoms with Crippen molar-refractivity contribution >= 4 is 6.01 Å².